The number of nitrogens with zero attached hydrogens (tertiary/aromatic N) is 1. The number of benzene rings is 3. The number of hydrazine groups is 1. The van der Waals surface area contributed by atoms with Crippen LogP contribution < -0.4 is 25.1 Å². The lowest BCUT2D eigenvalue weighted by Gasteiger charge is -2.30. The number of carbonyl (C=O) groups excluding carboxylic acids is 1. The highest BCUT2D eigenvalue weighted by Gasteiger charge is 2.53. The molecule has 1 amide bonds. The van der Waals surface area contributed by atoms with Gasteiger partial charge in [-0.1, -0.05) is 40.2 Å². The van der Waals surface area contributed by atoms with Gasteiger partial charge in [-0.25, -0.2) is 10.4 Å². The summed E-state index contributed by atoms with van der Waals surface area (Å²) in [4.78, 5) is 18.9. The van der Waals surface area contributed by atoms with E-state index in [0.29, 0.717) is 48.3 Å². The number of aliphatic imine (C=N–C) groups is 1. The third-order valence-corrected chi connectivity index (χ3v) is 7.30. The molecular weight excluding hydrogens is 590 g/mol. The molecule has 2 atom stereocenters. The van der Waals surface area contributed by atoms with Gasteiger partial charge in [-0.05, 0) is 48.0 Å². The van der Waals surface area contributed by atoms with Crippen molar-refractivity contribution in [3.8, 4) is 17.2 Å². The zero-order valence-electron chi connectivity index (χ0n) is 23.1. The molecule has 3 N–H and O–H groups in total. The number of halogens is 1. The zero-order chi connectivity index (χ0) is 29.2. The maximum absolute atomic E-state index is 14.0. The molecule has 10 heteroatoms. The fourth-order valence-corrected chi connectivity index (χ4v) is 5.00. The van der Waals surface area contributed by atoms with E-state index < -0.39 is 11.6 Å². The van der Waals surface area contributed by atoms with Crippen molar-refractivity contribution in [1.82, 2.24) is 10.9 Å². The summed E-state index contributed by atoms with van der Waals surface area (Å²) in [6.45, 7) is 4.71. The van der Waals surface area contributed by atoms with Crippen molar-refractivity contribution in [3.05, 3.63) is 101 Å². The van der Waals surface area contributed by atoms with Crippen LogP contribution in [0.3, 0.4) is 0 Å². The van der Waals surface area contributed by atoms with Crippen LogP contribution in [0.15, 0.2) is 88.9 Å². The lowest BCUT2D eigenvalue weighted by atomic mass is 9.84. The van der Waals surface area contributed by atoms with Gasteiger partial charge in [-0.2, -0.15) is 0 Å². The predicted molar refractivity (Wildman–Crippen MR) is 160 cm³/mol. The Hall–Kier alpha value is -3.86. The fraction of sp³-hybridized carbons (Fsp3) is 0.290. The van der Waals surface area contributed by atoms with E-state index in [1.807, 2.05) is 60.7 Å². The summed E-state index contributed by atoms with van der Waals surface area (Å²) in [5.41, 5.74) is 6.87. The molecule has 0 unspecified atom stereocenters. The Labute approximate surface area is 248 Å². The van der Waals surface area contributed by atoms with Crippen molar-refractivity contribution < 1.29 is 28.8 Å². The average molecular weight is 625 g/mol. The largest absolute Gasteiger partial charge is 0.497 e. The van der Waals surface area contributed by atoms with Gasteiger partial charge in [-0.3, -0.25) is 10.2 Å². The Balaban J connectivity index is 1.62. The SMILES string of the molecule is C=CC[C@]1(C(=O)NNCc2cc(OC)cc(OC)c2)N=C(c2ccc(OCCCO)cc2)O[C@H]1c1ccccc1Br. The van der Waals surface area contributed by atoms with E-state index in [2.05, 4.69) is 33.4 Å². The molecule has 0 fully saturated rings. The molecule has 4 rings (SSSR count). The summed E-state index contributed by atoms with van der Waals surface area (Å²) in [6.07, 6.45) is 1.71. The summed E-state index contributed by atoms with van der Waals surface area (Å²) in [5, 5.41) is 8.99. The highest BCUT2D eigenvalue weighted by Crippen LogP contribution is 2.44. The molecule has 0 bridgehead atoms. The van der Waals surface area contributed by atoms with Crippen LogP contribution in [0.2, 0.25) is 0 Å². The molecule has 0 spiro atoms. The van der Waals surface area contributed by atoms with Crippen molar-refractivity contribution in [2.24, 2.45) is 4.99 Å². The molecule has 0 aromatic heterocycles. The van der Waals surface area contributed by atoms with Gasteiger partial charge in [-0.15, -0.1) is 6.58 Å². The first-order chi connectivity index (χ1) is 19.9. The van der Waals surface area contributed by atoms with E-state index >= 15 is 0 Å². The van der Waals surface area contributed by atoms with E-state index in [1.165, 1.54) is 0 Å². The van der Waals surface area contributed by atoms with Crippen LogP contribution in [0.5, 0.6) is 17.2 Å². The van der Waals surface area contributed by atoms with Gasteiger partial charge in [0, 0.05) is 47.7 Å². The molecular formula is C31H34BrN3O6. The molecule has 216 valence electrons. The number of amides is 1. The quantitative estimate of drug-likeness (QED) is 0.133. The summed E-state index contributed by atoms with van der Waals surface area (Å²) in [6, 6.07) is 20.4. The second-order valence-electron chi connectivity index (χ2n) is 9.33. The van der Waals surface area contributed by atoms with Crippen molar-refractivity contribution in [2.45, 2.75) is 31.0 Å². The minimum absolute atomic E-state index is 0.0647. The van der Waals surface area contributed by atoms with E-state index in [0.717, 1.165) is 15.6 Å². The van der Waals surface area contributed by atoms with E-state index in [-0.39, 0.29) is 18.9 Å². The maximum atomic E-state index is 14.0. The van der Waals surface area contributed by atoms with Crippen LogP contribution in [0.4, 0.5) is 0 Å². The topological polar surface area (TPSA) is 111 Å². The third-order valence-electron chi connectivity index (χ3n) is 6.58. The molecule has 1 heterocycles. The van der Waals surface area contributed by atoms with Gasteiger partial charge in [0.25, 0.3) is 5.91 Å². The van der Waals surface area contributed by atoms with Gasteiger partial charge in [0.1, 0.15) is 17.2 Å². The molecule has 3 aromatic carbocycles. The lowest BCUT2D eigenvalue weighted by molar-refractivity contribution is -0.129. The number of ether oxygens (including phenoxy) is 4. The summed E-state index contributed by atoms with van der Waals surface area (Å²) in [5.74, 6) is 1.92. The van der Waals surface area contributed by atoms with Crippen molar-refractivity contribution in [1.29, 1.82) is 0 Å². The molecule has 1 aliphatic heterocycles. The molecule has 0 radical (unpaired) electrons. The first kappa shape index (κ1) is 30.1. The number of carbonyl (C=O) groups is 1. The summed E-state index contributed by atoms with van der Waals surface area (Å²) in [7, 11) is 3.17. The van der Waals surface area contributed by atoms with Gasteiger partial charge < -0.3 is 24.1 Å². The van der Waals surface area contributed by atoms with Gasteiger partial charge in [0.15, 0.2) is 11.6 Å². The van der Waals surface area contributed by atoms with E-state index in [1.54, 1.807) is 26.4 Å². The second kappa shape index (κ2) is 14.2. The minimum Gasteiger partial charge on any atom is -0.497 e. The van der Waals surface area contributed by atoms with Crippen LogP contribution in [0.1, 0.15) is 35.6 Å². The van der Waals surface area contributed by atoms with E-state index in [9.17, 15) is 4.79 Å². The van der Waals surface area contributed by atoms with Crippen molar-refractivity contribution >= 4 is 27.7 Å². The normalized spacial score (nSPS) is 17.8. The van der Waals surface area contributed by atoms with Crippen LogP contribution >= 0.6 is 15.9 Å². The lowest BCUT2D eigenvalue weighted by Crippen LogP contribution is -2.52. The Kier molecular flexibility index (Phi) is 10.4. The molecule has 41 heavy (non-hydrogen) atoms. The molecule has 0 saturated carbocycles. The fourth-order valence-electron chi connectivity index (χ4n) is 4.50. The molecule has 0 saturated heterocycles. The van der Waals surface area contributed by atoms with Crippen molar-refractivity contribution in [3.63, 3.8) is 0 Å². The summed E-state index contributed by atoms with van der Waals surface area (Å²) >= 11 is 3.62. The number of methoxy groups -OCH3 is 2. The van der Waals surface area contributed by atoms with Crippen molar-refractivity contribution in [2.75, 3.05) is 27.4 Å². The Morgan fingerprint density at radius 2 is 1.80 bits per heavy atom. The van der Waals surface area contributed by atoms with Crippen LogP contribution in [0, 0.1) is 0 Å². The maximum Gasteiger partial charge on any atom is 0.266 e. The number of hydrogen-bond acceptors (Lipinski definition) is 8. The molecule has 1 aliphatic rings. The van der Waals surface area contributed by atoms with Gasteiger partial charge >= 0.3 is 0 Å². The molecule has 9 nitrogen and oxygen atoms in total. The van der Waals surface area contributed by atoms with Crippen LogP contribution in [-0.2, 0) is 16.1 Å². The molecule has 3 aromatic rings. The first-order valence-electron chi connectivity index (χ1n) is 13.1. The Morgan fingerprint density at radius 3 is 2.44 bits per heavy atom. The monoisotopic (exact) mass is 623 g/mol. The highest BCUT2D eigenvalue weighted by molar-refractivity contribution is 9.10. The third kappa shape index (κ3) is 7.08. The van der Waals surface area contributed by atoms with Gasteiger partial charge in [0.05, 0.1) is 20.8 Å². The zero-order valence-corrected chi connectivity index (χ0v) is 24.6. The second-order valence-corrected chi connectivity index (χ2v) is 10.2. The van der Waals surface area contributed by atoms with Gasteiger partial charge in [0.2, 0.25) is 5.90 Å². The average Bonchev–Trinajstić information content (AvgIpc) is 3.38. The number of rotatable bonds is 14. The molecule has 0 aliphatic carbocycles. The number of aliphatic hydroxyl groups is 1. The van der Waals surface area contributed by atoms with Crippen LogP contribution in [0.25, 0.3) is 0 Å². The van der Waals surface area contributed by atoms with Crippen LogP contribution in [-0.4, -0.2) is 49.9 Å². The summed E-state index contributed by atoms with van der Waals surface area (Å²) < 4.78 is 23.6. The number of nitrogens with one attached hydrogen (secondary N) is 2. The standard InChI is InChI=1S/C31H34BrN3O6/c1-4-14-31(30(37)35-33-20-21-17-24(38-2)19-25(18-21)39-3)28(26-8-5-6-9-27(26)32)41-29(34-31)22-10-12-23(13-11-22)40-16-7-15-36/h4-6,8-13,17-19,28,33,36H,1,7,14-16,20H2,2-3H3,(H,35,37)/t28-,31-/m0/s1. The number of hydrogen-bond donors (Lipinski definition) is 3. The minimum atomic E-state index is -1.34. The predicted octanol–water partition coefficient (Wildman–Crippen LogP) is 4.88. The number of aliphatic hydroxyl groups excluding tert-OH is 1. The first-order valence-corrected chi connectivity index (χ1v) is 13.9. The van der Waals surface area contributed by atoms with E-state index in [4.69, 9.17) is 29.0 Å². The highest BCUT2D eigenvalue weighted by atomic mass is 79.9. The smallest absolute Gasteiger partial charge is 0.266 e. The Bertz CT molecular complexity index is 1360. The Morgan fingerprint density at radius 1 is 1.10 bits per heavy atom.